The van der Waals surface area contributed by atoms with Crippen LogP contribution in [0.2, 0.25) is 0 Å². The van der Waals surface area contributed by atoms with Crippen molar-refractivity contribution >= 4 is 5.97 Å². The molecule has 2 nitrogen and oxygen atoms in total. The summed E-state index contributed by atoms with van der Waals surface area (Å²) in [6.07, 6.45) is -11.9. The zero-order valence-corrected chi connectivity index (χ0v) is 13.1. The number of carbonyl (C=O) groups is 1. The summed E-state index contributed by atoms with van der Waals surface area (Å²) in [6, 6.07) is 0. The van der Waals surface area contributed by atoms with Crippen LogP contribution in [0, 0.1) is 22.2 Å². The molecule has 4 saturated carbocycles. The molecule has 2 unspecified atom stereocenters. The van der Waals surface area contributed by atoms with Crippen molar-refractivity contribution in [1.29, 1.82) is 0 Å². The maximum Gasteiger partial charge on any atom is 0.394 e. The van der Waals surface area contributed by atoms with Gasteiger partial charge in [-0.3, -0.25) is 0 Å². The number of alkyl halides is 6. The van der Waals surface area contributed by atoms with Gasteiger partial charge in [0.25, 0.3) is 0 Å². The zero-order valence-electron chi connectivity index (χ0n) is 13.1. The molecule has 0 N–H and O–H groups in total. The first kappa shape index (κ1) is 17.6. The Labute approximate surface area is 135 Å². The minimum Gasteiger partial charge on any atom is -0.466 e. The van der Waals surface area contributed by atoms with E-state index < -0.39 is 59.7 Å². The lowest BCUT2D eigenvalue weighted by Gasteiger charge is -2.66. The molecule has 136 valence electrons. The third-order valence-electron chi connectivity index (χ3n) is 6.34. The van der Waals surface area contributed by atoms with Gasteiger partial charge in [0.2, 0.25) is 0 Å². The molecule has 0 aromatic rings. The highest BCUT2D eigenvalue weighted by Crippen LogP contribution is 2.77. The van der Waals surface area contributed by atoms with E-state index in [1.54, 1.807) is 0 Å². The maximum atomic E-state index is 13.8. The second-order valence-corrected chi connectivity index (χ2v) is 7.82. The van der Waals surface area contributed by atoms with Crippen molar-refractivity contribution in [3.63, 3.8) is 0 Å². The summed E-state index contributed by atoms with van der Waals surface area (Å²) in [4.78, 5) is 11.9. The van der Waals surface area contributed by atoms with E-state index in [4.69, 9.17) is 0 Å². The van der Waals surface area contributed by atoms with Gasteiger partial charge < -0.3 is 4.74 Å². The van der Waals surface area contributed by atoms with Gasteiger partial charge in [-0.1, -0.05) is 6.58 Å². The molecule has 8 heteroatoms. The topological polar surface area (TPSA) is 26.3 Å². The van der Waals surface area contributed by atoms with Crippen LogP contribution in [0.1, 0.15) is 38.5 Å². The number of esters is 1. The van der Waals surface area contributed by atoms with Gasteiger partial charge in [0.05, 0.1) is 17.9 Å². The molecule has 4 aliphatic carbocycles. The normalized spacial score (nSPS) is 41.4. The van der Waals surface area contributed by atoms with Gasteiger partial charge in [-0.15, -0.1) is 0 Å². The predicted molar refractivity (Wildman–Crippen MR) is 71.8 cm³/mol. The highest BCUT2D eigenvalue weighted by Gasteiger charge is 2.77. The molecular formula is C16H18F6O2. The standard InChI is InChI=1S/C16H18F6O2/c1-9(11(23)24-2)12-3-10-4-13(6-12,15(17,18)19)8-14(5-10,7-12)16(20,21)22/h10H,1,3-8H2,2H3. The van der Waals surface area contributed by atoms with Gasteiger partial charge in [-0.25, -0.2) is 4.79 Å². The number of hydrogen-bond donors (Lipinski definition) is 0. The van der Waals surface area contributed by atoms with Crippen LogP contribution in [0.5, 0.6) is 0 Å². The first-order valence-electron chi connectivity index (χ1n) is 7.71. The number of halogens is 6. The average molecular weight is 356 g/mol. The zero-order chi connectivity index (χ0) is 18.2. The molecule has 4 aliphatic rings. The van der Waals surface area contributed by atoms with E-state index in [9.17, 15) is 31.1 Å². The van der Waals surface area contributed by atoms with Crippen LogP contribution in [-0.2, 0) is 9.53 Å². The van der Waals surface area contributed by atoms with E-state index >= 15 is 0 Å². The molecule has 0 radical (unpaired) electrons. The van der Waals surface area contributed by atoms with Gasteiger partial charge in [0.1, 0.15) is 0 Å². The molecule has 0 saturated heterocycles. The largest absolute Gasteiger partial charge is 0.466 e. The lowest BCUT2D eigenvalue weighted by molar-refractivity contribution is -0.348. The molecule has 4 rings (SSSR count). The predicted octanol–water partition coefficient (Wildman–Crippen LogP) is 4.80. The molecule has 2 atom stereocenters. The summed E-state index contributed by atoms with van der Waals surface area (Å²) in [5, 5.41) is 0. The lowest BCUT2D eigenvalue weighted by atomic mass is 9.38. The molecule has 0 aromatic carbocycles. The number of ether oxygens (including phenoxy) is 1. The summed E-state index contributed by atoms with van der Waals surface area (Å²) in [5.41, 5.74) is -6.55. The van der Waals surface area contributed by atoms with E-state index in [0.29, 0.717) is 0 Å². The summed E-state index contributed by atoms with van der Waals surface area (Å²) < 4.78 is 87.1. The summed E-state index contributed by atoms with van der Waals surface area (Å²) in [7, 11) is 1.05. The number of methoxy groups -OCH3 is 1. The Morgan fingerprint density at radius 2 is 1.42 bits per heavy atom. The van der Waals surface area contributed by atoms with Crippen LogP contribution in [0.25, 0.3) is 0 Å². The Balaban J connectivity index is 2.14. The Morgan fingerprint density at radius 1 is 0.958 bits per heavy atom. The first-order chi connectivity index (χ1) is 10.8. The van der Waals surface area contributed by atoms with Crippen LogP contribution in [-0.4, -0.2) is 25.4 Å². The fraction of sp³-hybridized carbons (Fsp3) is 0.812. The van der Waals surface area contributed by atoms with E-state index in [0.717, 1.165) is 7.11 Å². The minimum atomic E-state index is -4.75. The highest BCUT2D eigenvalue weighted by atomic mass is 19.4. The summed E-state index contributed by atoms with van der Waals surface area (Å²) in [6.45, 7) is 3.53. The Kier molecular flexibility index (Phi) is 3.44. The van der Waals surface area contributed by atoms with Crippen LogP contribution >= 0.6 is 0 Å². The average Bonchev–Trinajstić information content (AvgIpc) is 2.42. The molecule has 0 aromatic heterocycles. The molecule has 0 spiro atoms. The number of rotatable bonds is 2. The van der Waals surface area contributed by atoms with Crippen molar-refractivity contribution in [3.05, 3.63) is 12.2 Å². The molecule has 0 amide bonds. The SMILES string of the molecule is C=C(C(=O)OC)C12CC3CC(C(F)(F)F)(C1)CC(C(F)(F)F)(C3)C2. The van der Waals surface area contributed by atoms with Crippen molar-refractivity contribution in [3.8, 4) is 0 Å². The molecule has 4 bridgehead atoms. The van der Waals surface area contributed by atoms with Gasteiger partial charge in [-0.05, 0) is 44.4 Å². The Bertz CT molecular complexity index is 560. The second kappa shape index (κ2) is 4.69. The lowest BCUT2D eigenvalue weighted by Crippen LogP contribution is -2.65. The molecule has 4 fully saturated rings. The van der Waals surface area contributed by atoms with Crippen molar-refractivity contribution in [2.75, 3.05) is 7.11 Å². The Morgan fingerprint density at radius 3 is 1.79 bits per heavy atom. The van der Waals surface area contributed by atoms with Gasteiger partial charge in [0, 0.05) is 11.0 Å². The summed E-state index contributed by atoms with van der Waals surface area (Å²) in [5.74, 6) is -1.64. The van der Waals surface area contributed by atoms with E-state index in [1.165, 1.54) is 0 Å². The van der Waals surface area contributed by atoms with Crippen molar-refractivity contribution < 1.29 is 35.9 Å². The molecule has 0 heterocycles. The van der Waals surface area contributed by atoms with Gasteiger partial charge in [0.15, 0.2) is 0 Å². The molecule has 24 heavy (non-hydrogen) atoms. The highest BCUT2D eigenvalue weighted by molar-refractivity contribution is 5.89. The van der Waals surface area contributed by atoms with Crippen LogP contribution in [0.15, 0.2) is 12.2 Å². The second-order valence-electron chi connectivity index (χ2n) is 7.82. The van der Waals surface area contributed by atoms with Crippen LogP contribution in [0.4, 0.5) is 26.3 Å². The first-order valence-corrected chi connectivity index (χ1v) is 7.71. The maximum absolute atomic E-state index is 13.8. The third kappa shape index (κ3) is 2.13. The van der Waals surface area contributed by atoms with Crippen LogP contribution in [0.3, 0.4) is 0 Å². The quantitative estimate of drug-likeness (QED) is 0.404. The number of hydrogen-bond acceptors (Lipinski definition) is 2. The Hall–Kier alpha value is -1.21. The number of carbonyl (C=O) groups excluding carboxylic acids is 1. The summed E-state index contributed by atoms with van der Waals surface area (Å²) >= 11 is 0. The monoisotopic (exact) mass is 356 g/mol. The fourth-order valence-corrected chi connectivity index (χ4v) is 5.75. The van der Waals surface area contributed by atoms with Crippen LogP contribution < -0.4 is 0 Å². The minimum absolute atomic E-state index is 0.136. The molecular weight excluding hydrogens is 338 g/mol. The fourth-order valence-electron chi connectivity index (χ4n) is 5.75. The van der Waals surface area contributed by atoms with E-state index in [2.05, 4.69) is 11.3 Å². The van der Waals surface area contributed by atoms with Crippen molar-refractivity contribution in [1.82, 2.24) is 0 Å². The molecule has 0 aliphatic heterocycles. The van der Waals surface area contributed by atoms with Crippen molar-refractivity contribution in [2.24, 2.45) is 22.2 Å². The van der Waals surface area contributed by atoms with E-state index in [1.807, 2.05) is 0 Å². The van der Waals surface area contributed by atoms with Gasteiger partial charge >= 0.3 is 18.3 Å². The van der Waals surface area contributed by atoms with E-state index in [-0.39, 0.29) is 24.8 Å². The van der Waals surface area contributed by atoms with Gasteiger partial charge in [-0.2, -0.15) is 26.3 Å². The smallest absolute Gasteiger partial charge is 0.394 e. The van der Waals surface area contributed by atoms with Crippen molar-refractivity contribution in [2.45, 2.75) is 50.9 Å². The third-order valence-corrected chi connectivity index (χ3v) is 6.34.